The number of halogens is 1. The minimum Gasteiger partial charge on any atom is -0.328 e. The van der Waals surface area contributed by atoms with Crippen molar-refractivity contribution in [2.45, 2.75) is 33.7 Å². The summed E-state index contributed by atoms with van der Waals surface area (Å²) in [5.74, 6) is 1.44. The largest absolute Gasteiger partial charge is 0.328 e. The Morgan fingerprint density at radius 2 is 2.05 bits per heavy atom. The van der Waals surface area contributed by atoms with Crippen LogP contribution in [0.4, 0.5) is 10.5 Å². The second kappa shape index (κ2) is 6.79. The number of carbonyl (C=O) groups excluding carboxylic acids is 1. The number of anilines is 1. The van der Waals surface area contributed by atoms with Gasteiger partial charge in [0.2, 0.25) is 0 Å². The molecule has 3 N–H and O–H groups in total. The molecule has 0 aliphatic heterocycles. The van der Waals surface area contributed by atoms with Crippen LogP contribution in [0.15, 0.2) is 18.2 Å². The normalized spacial score (nSPS) is 12.3. The first kappa shape index (κ1) is 16.3. The highest BCUT2D eigenvalue weighted by Crippen LogP contribution is 2.21. The molecule has 0 saturated carbocycles. The van der Waals surface area contributed by atoms with Gasteiger partial charge in [0.25, 0.3) is 0 Å². The lowest BCUT2D eigenvalue weighted by atomic mass is 10.0. The van der Waals surface area contributed by atoms with Crippen LogP contribution in [-0.4, -0.2) is 21.2 Å². The van der Waals surface area contributed by atoms with Crippen LogP contribution in [0, 0.1) is 19.8 Å². The van der Waals surface area contributed by atoms with Crippen LogP contribution in [0.3, 0.4) is 0 Å². The summed E-state index contributed by atoms with van der Waals surface area (Å²) in [5, 5.41) is 13.2. The smallest absolute Gasteiger partial charge is 0.319 e. The molecule has 2 amide bonds. The van der Waals surface area contributed by atoms with E-state index in [1.54, 1.807) is 6.07 Å². The Kier molecular flexibility index (Phi) is 5.03. The van der Waals surface area contributed by atoms with Gasteiger partial charge in [0.1, 0.15) is 5.82 Å². The summed E-state index contributed by atoms with van der Waals surface area (Å²) in [6.07, 6.45) is 0. The highest BCUT2D eigenvalue weighted by atomic mass is 35.5. The van der Waals surface area contributed by atoms with Gasteiger partial charge in [-0.1, -0.05) is 31.5 Å². The fourth-order valence-corrected chi connectivity index (χ4v) is 2.19. The monoisotopic (exact) mass is 321 g/mol. The van der Waals surface area contributed by atoms with E-state index in [-0.39, 0.29) is 18.0 Å². The van der Waals surface area contributed by atoms with E-state index in [0.717, 1.165) is 5.56 Å². The standard InChI is InChI=1S/C15H20ClN5O/c1-8(2)13(14-17-10(4)20-21-14)19-15(22)18-11-6-5-9(3)12(16)7-11/h5-8,13H,1-4H3,(H,17,20,21)(H2,18,19,22). The molecule has 0 bridgehead atoms. The van der Waals surface area contributed by atoms with Crippen molar-refractivity contribution in [3.8, 4) is 0 Å². The van der Waals surface area contributed by atoms with Gasteiger partial charge in [0, 0.05) is 10.7 Å². The number of aromatic amines is 1. The number of benzene rings is 1. The summed E-state index contributed by atoms with van der Waals surface area (Å²) in [7, 11) is 0. The Balaban J connectivity index is 2.06. The van der Waals surface area contributed by atoms with Crippen molar-refractivity contribution < 1.29 is 4.79 Å². The molecule has 0 aliphatic carbocycles. The zero-order valence-corrected chi connectivity index (χ0v) is 13.8. The van der Waals surface area contributed by atoms with Gasteiger partial charge in [-0.15, -0.1) is 0 Å². The lowest BCUT2D eigenvalue weighted by molar-refractivity contribution is 0.244. The van der Waals surface area contributed by atoms with Crippen LogP contribution in [0.1, 0.15) is 37.1 Å². The highest BCUT2D eigenvalue weighted by molar-refractivity contribution is 6.31. The van der Waals surface area contributed by atoms with Gasteiger partial charge in [-0.05, 0) is 37.5 Å². The summed E-state index contributed by atoms with van der Waals surface area (Å²) < 4.78 is 0. The van der Waals surface area contributed by atoms with E-state index in [2.05, 4.69) is 25.8 Å². The number of nitrogens with zero attached hydrogens (tertiary/aromatic N) is 2. The number of hydrogen-bond donors (Lipinski definition) is 3. The average Bonchev–Trinajstić information content (AvgIpc) is 2.86. The molecule has 0 saturated heterocycles. The van der Waals surface area contributed by atoms with Crippen LogP contribution < -0.4 is 10.6 Å². The van der Waals surface area contributed by atoms with Crippen LogP contribution in [0.2, 0.25) is 5.02 Å². The topological polar surface area (TPSA) is 82.7 Å². The molecular formula is C15H20ClN5O. The molecule has 118 valence electrons. The molecule has 6 nitrogen and oxygen atoms in total. The predicted octanol–water partition coefficient (Wildman–Crippen LogP) is 3.59. The Hall–Kier alpha value is -2.08. The van der Waals surface area contributed by atoms with E-state index in [4.69, 9.17) is 11.6 Å². The quantitative estimate of drug-likeness (QED) is 0.804. The van der Waals surface area contributed by atoms with Gasteiger partial charge in [-0.2, -0.15) is 5.10 Å². The molecule has 22 heavy (non-hydrogen) atoms. The molecule has 1 unspecified atom stereocenters. The Morgan fingerprint density at radius 3 is 2.59 bits per heavy atom. The molecule has 1 aromatic carbocycles. The van der Waals surface area contributed by atoms with Gasteiger partial charge < -0.3 is 10.6 Å². The van der Waals surface area contributed by atoms with Crippen molar-refractivity contribution in [1.82, 2.24) is 20.5 Å². The van der Waals surface area contributed by atoms with Gasteiger partial charge in [0.15, 0.2) is 5.82 Å². The number of amides is 2. The van der Waals surface area contributed by atoms with Crippen molar-refractivity contribution in [2.24, 2.45) is 5.92 Å². The maximum Gasteiger partial charge on any atom is 0.319 e. The van der Waals surface area contributed by atoms with Crippen LogP contribution >= 0.6 is 11.6 Å². The fourth-order valence-electron chi connectivity index (χ4n) is 2.01. The number of carbonyl (C=O) groups is 1. The minimum atomic E-state index is -0.318. The number of urea groups is 1. The van der Waals surface area contributed by atoms with E-state index in [9.17, 15) is 4.79 Å². The summed E-state index contributed by atoms with van der Waals surface area (Å²) in [6.45, 7) is 7.73. The van der Waals surface area contributed by atoms with E-state index in [0.29, 0.717) is 22.4 Å². The number of aromatic nitrogens is 3. The third-order valence-corrected chi connectivity index (χ3v) is 3.68. The lowest BCUT2D eigenvalue weighted by Crippen LogP contribution is -2.35. The molecule has 0 fully saturated rings. The molecule has 0 radical (unpaired) electrons. The van der Waals surface area contributed by atoms with E-state index < -0.39 is 0 Å². The van der Waals surface area contributed by atoms with Gasteiger partial charge in [-0.3, -0.25) is 5.10 Å². The molecule has 1 atom stereocenters. The molecule has 0 aliphatic rings. The van der Waals surface area contributed by atoms with Crippen LogP contribution in [0.5, 0.6) is 0 Å². The molecular weight excluding hydrogens is 302 g/mol. The van der Waals surface area contributed by atoms with Crippen molar-refractivity contribution in [3.63, 3.8) is 0 Å². The first-order chi connectivity index (χ1) is 10.4. The fraction of sp³-hybridized carbons (Fsp3) is 0.400. The minimum absolute atomic E-state index is 0.155. The van der Waals surface area contributed by atoms with Crippen molar-refractivity contribution >= 4 is 23.3 Å². The molecule has 7 heteroatoms. The first-order valence-electron chi connectivity index (χ1n) is 7.09. The van der Waals surface area contributed by atoms with E-state index in [1.807, 2.05) is 39.8 Å². The second-order valence-electron chi connectivity index (χ2n) is 5.56. The molecule has 1 heterocycles. The maximum absolute atomic E-state index is 12.2. The summed E-state index contributed by atoms with van der Waals surface area (Å²) in [4.78, 5) is 16.5. The van der Waals surface area contributed by atoms with Gasteiger partial charge in [-0.25, -0.2) is 9.78 Å². The Labute approximate surface area is 134 Å². The first-order valence-corrected chi connectivity index (χ1v) is 7.47. The second-order valence-corrected chi connectivity index (χ2v) is 5.97. The average molecular weight is 322 g/mol. The Bertz CT molecular complexity index is 668. The molecule has 2 aromatic rings. The molecule has 0 spiro atoms. The highest BCUT2D eigenvalue weighted by Gasteiger charge is 2.22. The number of hydrogen-bond acceptors (Lipinski definition) is 3. The number of rotatable bonds is 4. The van der Waals surface area contributed by atoms with Crippen LogP contribution in [-0.2, 0) is 0 Å². The summed E-state index contributed by atoms with van der Waals surface area (Å²) >= 11 is 6.06. The third kappa shape index (κ3) is 3.98. The number of H-pyrrole nitrogens is 1. The lowest BCUT2D eigenvalue weighted by Gasteiger charge is -2.19. The zero-order valence-electron chi connectivity index (χ0n) is 13.1. The molecule has 1 aromatic heterocycles. The van der Waals surface area contributed by atoms with E-state index >= 15 is 0 Å². The number of aryl methyl sites for hydroxylation is 2. The molecule has 2 rings (SSSR count). The number of nitrogens with one attached hydrogen (secondary N) is 3. The van der Waals surface area contributed by atoms with Crippen molar-refractivity contribution in [3.05, 3.63) is 40.4 Å². The summed E-state index contributed by atoms with van der Waals surface area (Å²) in [5.41, 5.74) is 1.60. The van der Waals surface area contributed by atoms with Crippen molar-refractivity contribution in [2.75, 3.05) is 5.32 Å². The predicted molar refractivity (Wildman–Crippen MR) is 87.0 cm³/mol. The third-order valence-electron chi connectivity index (χ3n) is 3.28. The van der Waals surface area contributed by atoms with E-state index in [1.165, 1.54) is 0 Å². The van der Waals surface area contributed by atoms with Crippen LogP contribution in [0.25, 0.3) is 0 Å². The van der Waals surface area contributed by atoms with Crippen molar-refractivity contribution in [1.29, 1.82) is 0 Å². The maximum atomic E-state index is 12.2. The summed E-state index contributed by atoms with van der Waals surface area (Å²) in [6, 6.07) is 4.79. The Morgan fingerprint density at radius 1 is 1.32 bits per heavy atom. The van der Waals surface area contributed by atoms with Gasteiger partial charge >= 0.3 is 6.03 Å². The SMILES string of the molecule is Cc1nc(C(NC(=O)Nc2ccc(C)c(Cl)c2)C(C)C)n[nH]1. The zero-order chi connectivity index (χ0) is 16.3. The van der Waals surface area contributed by atoms with Gasteiger partial charge in [0.05, 0.1) is 6.04 Å².